The predicted molar refractivity (Wildman–Crippen MR) is 78.3 cm³/mol. The highest BCUT2D eigenvalue weighted by Crippen LogP contribution is 2.20. The van der Waals surface area contributed by atoms with Gasteiger partial charge in [0.15, 0.2) is 0 Å². The highest BCUT2D eigenvalue weighted by molar-refractivity contribution is 5.89. The average Bonchev–Trinajstić information content (AvgIpc) is 2.48. The third-order valence-electron chi connectivity index (χ3n) is 3.80. The molecule has 1 aromatic rings. The van der Waals surface area contributed by atoms with E-state index in [1.165, 1.54) is 18.6 Å². The first-order chi connectivity index (χ1) is 9.69. The maximum absolute atomic E-state index is 12.8. The van der Waals surface area contributed by atoms with Crippen molar-refractivity contribution in [2.45, 2.75) is 19.3 Å². The summed E-state index contributed by atoms with van der Waals surface area (Å²) in [6, 6.07) is 5.75. The van der Waals surface area contributed by atoms with Crippen LogP contribution in [0.25, 0.3) is 0 Å². The van der Waals surface area contributed by atoms with Gasteiger partial charge in [-0.2, -0.15) is 0 Å². The molecule has 0 aromatic heterocycles. The lowest BCUT2D eigenvalue weighted by atomic mass is 9.94. The number of carbonyl (C=O) groups excluding carboxylic acids is 1. The zero-order valence-electron chi connectivity index (χ0n) is 11.9. The summed E-state index contributed by atoms with van der Waals surface area (Å²) >= 11 is 0. The van der Waals surface area contributed by atoms with Crippen molar-refractivity contribution in [3.63, 3.8) is 0 Å². The van der Waals surface area contributed by atoms with Gasteiger partial charge in [0.1, 0.15) is 5.82 Å². The third kappa shape index (κ3) is 4.20. The number of urea groups is 1. The van der Waals surface area contributed by atoms with Gasteiger partial charge in [-0.1, -0.05) is 0 Å². The molecule has 0 spiro atoms. The molecule has 2 amide bonds. The summed E-state index contributed by atoms with van der Waals surface area (Å²) < 4.78 is 12.8. The largest absolute Gasteiger partial charge is 0.325 e. The number of carbonyl (C=O) groups is 1. The zero-order chi connectivity index (χ0) is 14.4. The van der Waals surface area contributed by atoms with Gasteiger partial charge in [0, 0.05) is 18.8 Å². The van der Waals surface area contributed by atoms with Crippen molar-refractivity contribution in [3.8, 4) is 0 Å². The monoisotopic (exact) mass is 279 g/mol. The predicted octanol–water partition coefficient (Wildman–Crippen LogP) is 2.68. The molecule has 1 aliphatic rings. The fraction of sp³-hybridized carbons (Fsp3) is 0.533. The minimum absolute atomic E-state index is 0.0938. The molecule has 1 fully saturated rings. The van der Waals surface area contributed by atoms with Crippen molar-refractivity contribution in [1.29, 1.82) is 0 Å². The highest BCUT2D eigenvalue weighted by Gasteiger charge is 2.22. The summed E-state index contributed by atoms with van der Waals surface area (Å²) in [7, 11) is 1.96. The summed E-state index contributed by atoms with van der Waals surface area (Å²) in [5.74, 6) is 0.408. The normalized spacial score (nSPS) is 16.2. The topological polar surface area (TPSA) is 44.4 Å². The summed E-state index contributed by atoms with van der Waals surface area (Å²) in [4.78, 5) is 13.9. The van der Waals surface area contributed by atoms with Crippen molar-refractivity contribution in [3.05, 3.63) is 30.1 Å². The van der Waals surface area contributed by atoms with Crippen molar-refractivity contribution in [2.24, 2.45) is 5.92 Å². The van der Waals surface area contributed by atoms with Gasteiger partial charge in [-0.3, -0.25) is 0 Å². The highest BCUT2D eigenvalue weighted by atomic mass is 19.1. The lowest BCUT2D eigenvalue weighted by Gasteiger charge is -2.32. The number of rotatable bonds is 4. The lowest BCUT2D eigenvalue weighted by molar-refractivity contribution is 0.180. The molecule has 0 radical (unpaired) electrons. The van der Waals surface area contributed by atoms with E-state index in [9.17, 15) is 9.18 Å². The van der Waals surface area contributed by atoms with Crippen LogP contribution in [0.3, 0.4) is 0 Å². The van der Waals surface area contributed by atoms with Crippen molar-refractivity contribution >= 4 is 11.7 Å². The number of halogens is 1. The van der Waals surface area contributed by atoms with Gasteiger partial charge in [0.2, 0.25) is 0 Å². The molecule has 1 saturated heterocycles. The molecule has 2 rings (SSSR count). The summed E-state index contributed by atoms with van der Waals surface area (Å²) in [6.07, 6.45) is 3.28. The Morgan fingerprint density at radius 1 is 1.30 bits per heavy atom. The zero-order valence-corrected chi connectivity index (χ0v) is 11.9. The second-order valence-electron chi connectivity index (χ2n) is 5.26. The summed E-state index contributed by atoms with van der Waals surface area (Å²) in [5.41, 5.74) is 0.633. The van der Waals surface area contributed by atoms with Gasteiger partial charge in [0.05, 0.1) is 0 Å². The molecule has 0 saturated carbocycles. The number of nitrogens with one attached hydrogen (secondary N) is 2. The van der Waals surface area contributed by atoms with E-state index in [1.807, 2.05) is 11.9 Å². The molecule has 2 N–H and O–H groups in total. The number of nitrogens with zero attached hydrogens (tertiary/aromatic N) is 1. The number of piperidine rings is 1. The number of likely N-dealkylation sites (tertiary alicyclic amines) is 1. The number of benzene rings is 1. The van der Waals surface area contributed by atoms with Gasteiger partial charge >= 0.3 is 6.03 Å². The number of hydrogen-bond acceptors (Lipinski definition) is 2. The van der Waals surface area contributed by atoms with Gasteiger partial charge < -0.3 is 15.5 Å². The van der Waals surface area contributed by atoms with Crippen LogP contribution in [0, 0.1) is 11.7 Å². The Balaban J connectivity index is 1.78. The van der Waals surface area contributed by atoms with E-state index in [2.05, 4.69) is 10.6 Å². The smallest absolute Gasteiger partial charge is 0.321 e. The van der Waals surface area contributed by atoms with Gasteiger partial charge in [-0.15, -0.1) is 0 Å². The molecule has 5 heteroatoms. The molecule has 110 valence electrons. The lowest BCUT2D eigenvalue weighted by Crippen LogP contribution is -2.41. The van der Waals surface area contributed by atoms with Crippen LogP contribution in [0.5, 0.6) is 0 Å². The molecule has 1 heterocycles. The van der Waals surface area contributed by atoms with Crippen LogP contribution < -0.4 is 10.6 Å². The van der Waals surface area contributed by atoms with Crippen LogP contribution in [0.2, 0.25) is 0 Å². The van der Waals surface area contributed by atoms with Crippen LogP contribution in [0.15, 0.2) is 24.3 Å². The minimum Gasteiger partial charge on any atom is -0.325 e. The van der Waals surface area contributed by atoms with Crippen molar-refractivity contribution in [2.75, 3.05) is 32.0 Å². The Labute approximate surface area is 119 Å². The van der Waals surface area contributed by atoms with Gasteiger partial charge in [-0.25, -0.2) is 9.18 Å². The quantitative estimate of drug-likeness (QED) is 0.890. The van der Waals surface area contributed by atoms with Crippen LogP contribution in [0.4, 0.5) is 14.9 Å². The second-order valence-corrected chi connectivity index (χ2v) is 5.26. The standard InChI is InChI=1S/C15H22FN3O/c1-17-9-6-12-7-10-19(11-8-12)15(20)18-14-4-2-13(16)3-5-14/h2-5,12,17H,6-11H2,1H3,(H,18,20). The molecule has 0 unspecified atom stereocenters. The molecule has 0 atom stereocenters. The Morgan fingerprint density at radius 2 is 1.95 bits per heavy atom. The molecular weight excluding hydrogens is 257 g/mol. The summed E-state index contributed by atoms with van der Waals surface area (Å²) in [6.45, 7) is 2.62. The molecule has 20 heavy (non-hydrogen) atoms. The van der Waals surface area contributed by atoms with Gasteiger partial charge in [0.25, 0.3) is 0 Å². The van der Waals surface area contributed by atoms with E-state index in [4.69, 9.17) is 0 Å². The Bertz CT molecular complexity index is 427. The Hall–Kier alpha value is -1.62. The molecule has 0 aliphatic carbocycles. The Kier molecular flexibility index (Phi) is 5.35. The number of hydrogen-bond donors (Lipinski definition) is 2. The van der Waals surface area contributed by atoms with Crippen LogP contribution in [0.1, 0.15) is 19.3 Å². The van der Waals surface area contributed by atoms with E-state index in [0.29, 0.717) is 11.6 Å². The fourth-order valence-corrected chi connectivity index (χ4v) is 2.51. The first-order valence-electron chi connectivity index (χ1n) is 7.15. The summed E-state index contributed by atoms with van der Waals surface area (Å²) in [5, 5.41) is 5.97. The molecule has 1 aromatic carbocycles. The Morgan fingerprint density at radius 3 is 2.55 bits per heavy atom. The fourth-order valence-electron chi connectivity index (χ4n) is 2.51. The van der Waals surface area contributed by atoms with Crippen molar-refractivity contribution < 1.29 is 9.18 Å². The number of amides is 2. The second kappa shape index (κ2) is 7.24. The first-order valence-corrected chi connectivity index (χ1v) is 7.15. The van der Waals surface area contributed by atoms with Crippen molar-refractivity contribution in [1.82, 2.24) is 10.2 Å². The van der Waals surface area contributed by atoms with Crippen LogP contribution in [-0.2, 0) is 0 Å². The van der Waals surface area contributed by atoms with Gasteiger partial charge in [-0.05, 0) is 63.0 Å². The van der Waals surface area contributed by atoms with E-state index >= 15 is 0 Å². The van der Waals surface area contributed by atoms with E-state index < -0.39 is 0 Å². The van der Waals surface area contributed by atoms with Crippen LogP contribution in [-0.4, -0.2) is 37.6 Å². The maximum Gasteiger partial charge on any atom is 0.321 e. The third-order valence-corrected chi connectivity index (χ3v) is 3.80. The maximum atomic E-state index is 12.8. The minimum atomic E-state index is -0.298. The van der Waals surface area contributed by atoms with Crippen LogP contribution >= 0.6 is 0 Å². The average molecular weight is 279 g/mol. The first kappa shape index (κ1) is 14.8. The number of anilines is 1. The molecule has 4 nitrogen and oxygen atoms in total. The molecular formula is C15H22FN3O. The van der Waals surface area contributed by atoms with E-state index in [0.717, 1.165) is 32.5 Å². The molecule has 1 aliphatic heterocycles. The van der Waals surface area contributed by atoms with E-state index in [1.54, 1.807) is 12.1 Å². The van der Waals surface area contributed by atoms with E-state index in [-0.39, 0.29) is 11.8 Å². The SMILES string of the molecule is CNCCC1CCN(C(=O)Nc2ccc(F)cc2)CC1. The molecule has 0 bridgehead atoms.